The number of nitrogens with one attached hydrogen (secondary N) is 1. The molecule has 0 spiro atoms. The van der Waals surface area contributed by atoms with Gasteiger partial charge in [-0.3, -0.25) is 0 Å². The van der Waals surface area contributed by atoms with Crippen molar-refractivity contribution in [1.82, 2.24) is 10.3 Å². The summed E-state index contributed by atoms with van der Waals surface area (Å²) in [5.41, 5.74) is 3.37. The third-order valence-corrected chi connectivity index (χ3v) is 3.99. The highest BCUT2D eigenvalue weighted by Gasteiger charge is 2.20. The van der Waals surface area contributed by atoms with Gasteiger partial charge in [-0.2, -0.15) is 0 Å². The van der Waals surface area contributed by atoms with Crippen LogP contribution in [0.2, 0.25) is 0 Å². The Morgan fingerprint density at radius 1 is 1.19 bits per heavy atom. The van der Waals surface area contributed by atoms with Crippen molar-refractivity contribution in [3.8, 4) is 5.88 Å². The molecule has 0 saturated heterocycles. The number of aryl methyl sites for hydroxylation is 1. The molecule has 2 aromatic rings. The minimum atomic E-state index is 0.541. The fourth-order valence-electron chi connectivity index (χ4n) is 2.17. The summed E-state index contributed by atoms with van der Waals surface area (Å²) in [6, 6.07) is 13.0. The summed E-state index contributed by atoms with van der Waals surface area (Å²) in [6.07, 6.45) is 2.61. The fraction of sp³-hybridized carbons (Fsp3) is 0.353. The number of hydrogen-bond donors (Lipinski definition) is 1. The lowest BCUT2D eigenvalue weighted by Crippen LogP contribution is -2.15. The first-order valence-corrected chi connectivity index (χ1v) is 8.06. The lowest BCUT2D eigenvalue weighted by molar-refractivity contribution is 0.293. The summed E-state index contributed by atoms with van der Waals surface area (Å²) in [4.78, 5) is 4.45. The molecule has 0 unspecified atom stereocenters. The zero-order chi connectivity index (χ0) is 14.7. The van der Waals surface area contributed by atoms with E-state index >= 15 is 0 Å². The molecule has 1 saturated carbocycles. The molecule has 1 aromatic carbocycles. The molecule has 1 fully saturated rings. The van der Waals surface area contributed by atoms with Crippen molar-refractivity contribution in [2.24, 2.45) is 0 Å². The van der Waals surface area contributed by atoms with Gasteiger partial charge < -0.3 is 10.1 Å². The predicted molar refractivity (Wildman–Crippen MR) is 87.3 cm³/mol. The van der Waals surface area contributed by atoms with E-state index in [1.165, 1.54) is 18.4 Å². The van der Waals surface area contributed by atoms with Crippen molar-refractivity contribution in [2.75, 3.05) is 0 Å². The highest BCUT2D eigenvalue weighted by Crippen LogP contribution is 2.20. The average Bonchev–Trinajstić information content (AvgIpc) is 3.28. The highest BCUT2D eigenvalue weighted by atomic mass is 79.9. The Hall–Kier alpha value is -1.39. The Kier molecular flexibility index (Phi) is 4.56. The van der Waals surface area contributed by atoms with Gasteiger partial charge in [0.1, 0.15) is 6.61 Å². The van der Waals surface area contributed by atoms with Crippen LogP contribution < -0.4 is 10.1 Å². The van der Waals surface area contributed by atoms with Crippen LogP contribution in [0.1, 0.15) is 29.7 Å². The summed E-state index contributed by atoms with van der Waals surface area (Å²) in [5.74, 6) is 0.700. The van der Waals surface area contributed by atoms with Crippen LogP contribution >= 0.6 is 15.9 Å². The van der Waals surface area contributed by atoms with E-state index in [-0.39, 0.29) is 0 Å². The number of aromatic nitrogens is 1. The zero-order valence-corrected chi connectivity index (χ0v) is 13.7. The molecule has 0 radical (unpaired) electrons. The molecule has 1 aromatic heterocycles. The van der Waals surface area contributed by atoms with Crippen molar-refractivity contribution < 1.29 is 4.74 Å². The van der Waals surface area contributed by atoms with E-state index < -0.39 is 0 Å². The van der Waals surface area contributed by atoms with Gasteiger partial charge in [0.15, 0.2) is 0 Å². The van der Waals surface area contributed by atoms with Crippen LogP contribution in [0.4, 0.5) is 0 Å². The van der Waals surface area contributed by atoms with Crippen molar-refractivity contribution in [1.29, 1.82) is 0 Å². The number of ether oxygens (including phenoxy) is 1. The van der Waals surface area contributed by atoms with Gasteiger partial charge in [-0.1, -0.05) is 28.1 Å². The van der Waals surface area contributed by atoms with Gasteiger partial charge in [-0.25, -0.2) is 4.98 Å². The van der Waals surface area contributed by atoms with E-state index in [4.69, 9.17) is 4.74 Å². The standard InChI is InChI=1S/C17H19BrN2O/c1-12-8-14(10-19-16-6-7-16)9-17(20-12)21-11-13-2-4-15(18)5-3-13/h2-5,8-9,16,19H,6-7,10-11H2,1H3. The highest BCUT2D eigenvalue weighted by molar-refractivity contribution is 9.10. The summed E-state index contributed by atoms with van der Waals surface area (Å²) in [7, 11) is 0. The minimum Gasteiger partial charge on any atom is -0.473 e. The van der Waals surface area contributed by atoms with E-state index in [1.54, 1.807) is 0 Å². The Bertz CT molecular complexity index is 609. The fourth-order valence-corrected chi connectivity index (χ4v) is 2.43. The van der Waals surface area contributed by atoms with Gasteiger partial charge in [0.2, 0.25) is 5.88 Å². The number of rotatable bonds is 6. The quantitative estimate of drug-likeness (QED) is 0.858. The predicted octanol–water partition coefficient (Wildman–Crippen LogP) is 3.98. The molecule has 1 N–H and O–H groups in total. The monoisotopic (exact) mass is 346 g/mol. The minimum absolute atomic E-state index is 0.541. The molecule has 3 rings (SSSR count). The van der Waals surface area contributed by atoms with E-state index in [0.717, 1.165) is 22.3 Å². The summed E-state index contributed by atoms with van der Waals surface area (Å²) in [6.45, 7) is 3.44. The average molecular weight is 347 g/mol. The van der Waals surface area contributed by atoms with Gasteiger partial charge in [-0.15, -0.1) is 0 Å². The number of pyridine rings is 1. The maximum Gasteiger partial charge on any atom is 0.214 e. The van der Waals surface area contributed by atoms with E-state index in [9.17, 15) is 0 Å². The largest absolute Gasteiger partial charge is 0.473 e. The molecule has 110 valence electrons. The Balaban J connectivity index is 1.62. The van der Waals surface area contributed by atoms with Crippen LogP contribution in [0.15, 0.2) is 40.9 Å². The second-order valence-electron chi connectivity index (χ2n) is 5.53. The second kappa shape index (κ2) is 6.58. The van der Waals surface area contributed by atoms with Crippen molar-refractivity contribution in [2.45, 2.75) is 39.0 Å². The number of hydrogen-bond acceptors (Lipinski definition) is 3. The lowest BCUT2D eigenvalue weighted by atomic mass is 10.2. The third-order valence-electron chi connectivity index (χ3n) is 3.46. The first-order chi connectivity index (χ1) is 10.2. The molecule has 0 atom stereocenters. The number of halogens is 1. The first-order valence-electron chi connectivity index (χ1n) is 7.27. The van der Waals surface area contributed by atoms with Gasteiger partial charge >= 0.3 is 0 Å². The first kappa shape index (κ1) is 14.5. The zero-order valence-electron chi connectivity index (χ0n) is 12.1. The molecule has 3 nitrogen and oxygen atoms in total. The summed E-state index contributed by atoms with van der Waals surface area (Å²) in [5, 5.41) is 3.52. The Morgan fingerprint density at radius 3 is 2.67 bits per heavy atom. The second-order valence-corrected chi connectivity index (χ2v) is 6.44. The van der Waals surface area contributed by atoms with Crippen LogP contribution in [0.3, 0.4) is 0 Å². The van der Waals surface area contributed by atoms with Gasteiger partial charge in [0.05, 0.1) is 0 Å². The number of nitrogens with zero attached hydrogens (tertiary/aromatic N) is 1. The molecule has 1 aliphatic rings. The van der Waals surface area contributed by atoms with Gasteiger partial charge in [-0.05, 0) is 49.1 Å². The van der Waals surface area contributed by atoms with Crippen LogP contribution in [-0.2, 0) is 13.2 Å². The maximum absolute atomic E-state index is 5.82. The number of benzene rings is 1. The molecule has 1 aliphatic carbocycles. The SMILES string of the molecule is Cc1cc(CNC2CC2)cc(OCc2ccc(Br)cc2)n1. The smallest absolute Gasteiger partial charge is 0.214 e. The van der Waals surface area contributed by atoms with Crippen LogP contribution in [0.5, 0.6) is 5.88 Å². The van der Waals surface area contributed by atoms with Crippen molar-refractivity contribution in [3.05, 3.63) is 57.7 Å². The molecule has 0 aliphatic heterocycles. The third kappa shape index (κ3) is 4.55. The lowest BCUT2D eigenvalue weighted by Gasteiger charge is -2.09. The Labute approximate surface area is 133 Å². The maximum atomic E-state index is 5.82. The molecular formula is C17H19BrN2O. The molecule has 21 heavy (non-hydrogen) atoms. The molecular weight excluding hydrogens is 328 g/mol. The van der Waals surface area contributed by atoms with Gasteiger partial charge in [0, 0.05) is 28.8 Å². The molecule has 0 bridgehead atoms. The molecule has 1 heterocycles. The normalized spacial score (nSPS) is 14.2. The topological polar surface area (TPSA) is 34.1 Å². The van der Waals surface area contributed by atoms with Crippen LogP contribution in [0, 0.1) is 6.92 Å². The Morgan fingerprint density at radius 2 is 1.95 bits per heavy atom. The van der Waals surface area contributed by atoms with E-state index in [0.29, 0.717) is 18.5 Å². The van der Waals surface area contributed by atoms with Gasteiger partial charge in [0.25, 0.3) is 0 Å². The summed E-state index contributed by atoms with van der Waals surface area (Å²) < 4.78 is 6.90. The van der Waals surface area contributed by atoms with E-state index in [2.05, 4.69) is 44.4 Å². The van der Waals surface area contributed by atoms with Crippen molar-refractivity contribution >= 4 is 15.9 Å². The molecule has 0 amide bonds. The summed E-state index contributed by atoms with van der Waals surface area (Å²) >= 11 is 3.43. The van der Waals surface area contributed by atoms with Crippen molar-refractivity contribution in [3.63, 3.8) is 0 Å². The van der Waals surface area contributed by atoms with Crippen LogP contribution in [-0.4, -0.2) is 11.0 Å². The van der Waals surface area contributed by atoms with E-state index in [1.807, 2.05) is 25.1 Å². The molecule has 4 heteroatoms. The van der Waals surface area contributed by atoms with Crippen LogP contribution in [0.25, 0.3) is 0 Å².